The average molecular weight is 360 g/mol. The van der Waals surface area contributed by atoms with E-state index in [0.717, 1.165) is 6.42 Å². The second-order valence-electron chi connectivity index (χ2n) is 5.95. The van der Waals surface area contributed by atoms with Crippen molar-refractivity contribution in [1.82, 2.24) is 0 Å². The first-order chi connectivity index (χ1) is 12.7. The summed E-state index contributed by atoms with van der Waals surface area (Å²) in [4.78, 5) is 12.4. The third-order valence-electron chi connectivity index (χ3n) is 4.09. The van der Waals surface area contributed by atoms with E-state index < -0.39 is 11.8 Å². The van der Waals surface area contributed by atoms with E-state index in [9.17, 15) is 9.18 Å². The van der Waals surface area contributed by atoms with Crippen molar-refractivity contribution in [2.24, 2.45) is 0 Å². The number of rotatable bonds is 3. The number of carbonyl (C=O) groups excluding carboxylic acids is 1. The molecule has 0 unspecified atom stereocenters. The summed E-state index contributed by atoms with van der Waals surface area (Å²) in [6, 6.07) is 7.53. The van der Waals surface area contributed by atoms with Crippen molar-refractivity contribution in [1.29, 1.82) is 0 Å². The van der Waals surface area contributed by atoms with Gasteiger partial charge in [-0.3, -0.25) is 0 Å². The fourth-order valence-corrected chi connectivity index (χ4v) is 2.88. The lowest BCUT2D eigenvalue weighted by Crippen LogP contribution is -2.15. The molecule has 6 nitrogen and oxygen atoms in total. The highest BCUT2D eigenvalue weighted by atomic mass is 19.1. The minimum Gasteiger partial charge on any atom is -0.490 e. The zero-order valence-electron chi connectivity index (χ0n) is 14.0. The number of hydrogen-bond acceptors (Lipinski definition) is 6. The number of halogens is 1. The Balaban J connectivity index is 1.49. The number of fused-ring (bicyclic) bond motifs is 2. The predicted molar refractivity (Wildman–Crippen MR) is 87.9 cm³/mol. The molecule has 2 aromatic carbocycles. The third kappa shape index (κ3) is 3.43. The third-order valence-corrected chi connectivity index (χ3v) is 4.09. The molecule has 0 N–H and O–H groups in total. The van der Waals surface area contributed by atoms with Crippen molar-refractivity contribution in [2.75, 3.05) is 20.0 Å². The van der Waals surface area contributed by atoms with Crippen LogP contribution < -0.4 is 14.2 Å². The van der Waals surface area contributed by atoms with Crippen molar-refractivity contribution < 1.29 is 32.9 Å². The molecule has 0 aliphatic carbocycles. The normalized spacial score (nSPS) is 15.4. The van der Waals surface area contributed by atoms with E-state index in [4.69, 9.17) is 23.7 Å². The second kappa shape index (κ2) is 7.21. The van der Waals surface area contributed by atoms with Crippen LogP contribution in [0.3, 0.4) is 0 Å². The van der Waals surface area contributed by atoms with Gasteiger partial charge in [0.2, 0.25) is 0 Å². The number of esters is 1. The van der Waals surface area contributed by atoms with Crippen molar-refractivity contribution >= 4 is 5.97 Å². The first-order valence-electron chi connectivity index (χ1n) is 8.29. The Kier molecular flexibility index (Phi) is 4.62. The molecule has 26 heavy (non-hydrogen) atoms. The van der Waals surface area contributed by atoms with Gasteiger partial charge < -0.3 is 23.7 Å². The smallest absolute Gasteiger partial charge is 0.338 e. The molecule has 0 atom stereocenters. The zero-order valence-corrected chi connectivity index (χ0v) is 14.0. The molecule has 2 heterocycles. The molecule has 0 amide bonds. The van der Waals surface area contributed by atoms with Gasteiger partial charge in [-0.15, -0.1) is 0 Å². The van der Waals surface area contributed by atoms with Crippen LogP contribution in [-0.2, 0) is 22.7 Å². The molecule has 2 aromatic rings. The number of ether oxygens (including phenoxy) is 5. The van der Waals surface area contributed by atoms with Gasteiger partial charge in [-0.2, -0.15) is 0 Å². The summed E-state index contributed by atoms with van der Waals surface area (Å²) in [7, 11) is 0. The predicted octanol–water partition coefficient (Wildman–Crippen LogP) is 3.21. The Hall–Kier alpha value is -2.80. The molecular formula is C19H17FO6. The highest BCUT2D eigenvalue weighted by Gasteiger charge is 2.19. The minimum absolute atomic E-state index is 0.0851. The number of carbonyl (C=O) groups is 1. The van der Waals surface area contributed by atoms with Gasteiger partial charge >= 0.3 is 5.97 Å². The highest BCUT2D eigenvalue weighted by molar-refractivity contribution is 5.90. The molecule has 2 aliphatic rings. The van der Waals surface area contributed by atoms with Crippen LogP contribution in [0.5, 0.6) is 17.2 Å². The van der Waals surface area contributed by atoms with Crippen LogP contribution in [-0.4, -0.2) is 26.0 Å². The van der Waals surface area contributed by atoms with E-state index >= 15 is 0 Å². The van der Waals surface area contributed by atoms with Crippen LogP contribution in [0.2, 0.25) is 0 Å². The van der Waals surface area contributed by atoms with Gasteiger partial charge in [-0.1, -0.05) is 0 Å². The van der Waals surface area contributed by atoms with Crippen LogP contribution in [0.15, 0.2) is 30.3 Å². The van der Waals surface area contributed by atoms with E-state index in [1.807, 2.05) is 0 Å². The maximum Gasteiger partial charge on any atom is 0.338 e. The summed E-state index contributed by atoms with van der Waals surface area (Å²) in [5.41, 5.74) is 1.40. The summed E-state index contributed by atoms with van der Waals surface area (Å²) >= 11 is 0. The van der Waals surface area contributed by atoms with Crippen LogP contribution in [0, 0.1) is 5.82 Å². The lowest BCUT2D eigenvalue weighted by molar-refractivity contribution is -0.0182. The highest BCUT2D eigenvalue weighted by Crippen LogP contribution is 2.32. The quantitative estimate of drug-likeness (QED) is 0.784. The lowest BCUT2D eigenvalue weighted by Gasteiger charge is -2.20. The first kappa shape index (κ1) is 16.7. The lowest BCUT2D eigenvalue weighted by atomic mass is 10.1. The molecule has 136 valence electrons. The van der Waals surface area contributed by atoms with Crippen molar-refractivity contribution in [3.8, 4) is 17.2 Å². The summed E-state index contributed by atoms with van der Waals surface area (Å²) in [6.07, 6.45) is 0.781. The molecule has 0 bridgehead atoms. The van der Waals surface area contributed by atoms with Crippen molar-refractivity contribution in [2.45, 2.75) is 19.6 Å². The van der Waals surface area contributed by atoms with Gasteiger partial charge in [0, 0.05) is 17.5 Å². The molecule has 0 aromatic heterocycles. The van der Waals surface area contributed by atoms with Crippen LogP contribution in [0.1, 0.15) is 27.9 Å². The Morgan fingerprint density at radius 1 is 1.08 bits per heavy atom. The molecule has 0 saturated carbocycles. The summed E-state index contributed by atoms with van der Waals surface area (Å²) in [6.45, 7) is 1.34. The van der Waals surface area contributed by atoms with Crippen molar-refractivity contribution in [3.63, 3.8) is 0 Å². The van der Waals surface area contributed by atoms with E-state index in [1.54, 1.807) is 18.2 Å². The summed E-state index contributed by atoms with van der Waals surface area (Å²) in [5.74, 6) is 0.654. The SMILES string of the molecule is O=C(OCc1cc(F)cc2c1OCOC2)c1ccc2c(c1)OCCCO2. The Labute approximate surface area is 149 Å². The fourth-order valence-electron chi connectivity index (χ4n) is 2.88. The van der Waals surface area contributed by atoms with E-state index in [0.29, 0.717) is 47.2 Å². The van der Waals surface area contributed by atoms with Gasteiger partial charge in [0.05, 0.1) is 25.4 Å². The fraction of sp³-hybridized carbons (Fsp3) is 0.316. The average Bonchev–Trinajstić information content (AvgIpc) is 2.90. The molecular weight excluding hydrogens is 343 g/mol. The Morgan fingerprint density at radius 2 is 1.92 bits per heavy atom. The van der Waals surface area contributed by atoms with E-state index in [-0.39, 0.29) is 20.0 Å². The Bertz CT molecular complexity index is 835. The summed E-state index contributed by atoms with van der Waals surface area (Å²) in [5, 5.41) is 0. The van der Waals surface area contributed by atoms with Gasteiger partial charge in [0.1, 0.15) is 18.2 Å². The molecule has 4 rings (SSSR count). The number of benzene rings is 2. The molecule has 0 fully saturated rings. The molecule has 0 radical (unpaired) electrons. The van der Waals surface area contributed by atoms with Gasteiger partial charge in [0.25, 0.3) is 0 Å². The maximum absolute atomic E-state index is 13.7. The van der Waals surface area contributed by atoms with E-state index in [1.165, 1.54) is 12.1 Å². The molecule has 0 spiro atoms. The standard InChI is InChI=1S/C19H17FO6/c20-15-6-13-9-22-11-26-18(13)14(7-15)10-25-19(21)12-2-3-16-17(8-12)24-5-1-4-23-16/h2-3,6-8H,1,4-5,9-11H2. The van der Waals surface area contributed by atoms with Crippen LogP contribution in [0.25, 0.3) is 0 Å². The van der Waals surface area contributed by atoms with Crippen molar-refractivity contribution in [3.05, 3.63) is 52.8 Å². The molecule has 0 saturated heterocycles. The Morgan fingerprint density at radius 3 is 2.81 bits per heavy atom. The van der Waals surface area contributed by atoms with Gasteiger partial charge in [0.15, 0.2) is 18.3 Å². The van der Waals surface area contributed by atoms with Crippen LogP contribution >= 0.6 is 0 Å². The largest absolute Gasteiger partial charge is 0.490 e. The minimum atomic E-state index is -0.536. The van der Waals surface area contributed by atoms with Gasteiger partial charge in [-0.25, -0.2) is 9.18 Å². The molecule has 7 heteroatoms. The first-order valence-corrected chi connectivity index (χ1v) is 8.29. The van der Waals surface area contributed by atoms with Crippen LogP contribution in [0.4, 0.5) is 4.39 Å². The molecule has 2 aliphatic heterocycles. The van der Waals surface area contributed by atoms with Gasteiger partial charge in [-0.05, 0) is 30.3 Å². The zero-order chi connectivity index (χ0) is 17.9. The monoisotopic (exact) mass is 360 g/mol. The van der Waals surface area contributed by atoms with E-state index in [2.05, 4.69) is 0 Å². The maximum atomic E-state index is 13.7. The number of hydrogen-bond donors (Lipinski definition) is 0. The summed E-state index contributed by atoms with van der Waals surface area (Å²) < 4.78 is 40.8. The topological polar surface area (TPSA) is 63.2 Å². The second-order valence-corrected chi connectivity index (χ2v) is 5.95.